The van der Waals surface area contributed by atoms with E-state index in [0.29, 0.717) is 0 Å². The molecule has 1 atom stereocenters. The van der Waals surface area contributed by atoms with Crippen molar-refractivity contribution >= 4 is 23.5 Å². The van der Waals surface area contributed by atoms with Crippen LogP contribution in [0.25, 0.3) is 0 Å². The van der Waals surface area contributed by atoms with Crippen molar-refractivity contribution < 1.29 is 5.11 Å². The Morgan fingerprint density at radius 3 is 2.14 bits per heavy atom. The van der Waals surface area contributed by atoms with Crippen molar-refractivity contribution in [2.75, 3.05) is 12.5 Å². The number of thioether (sulfide) groups is 2. The van der Waals surface area contributed by atoms with Gasteiger partial charge in [0.2, 0.25) is 0 Å². The molecule has 1 N–H and O–H groups in total. The minimum absolute atomic E-state index is 0.385. The minimum Gasteiger partial charge on any atom is -0.389 e. The Morgan fingerprint density at radius 1 is 1.14 bits per heavy atom. The number of benzene rings is 1. The molecule has 1 rings (SSSR count). The van der Waals surface area contributed by atoms with E-state index in [-0.39, 0.29) is 6.10 Å². The van der Waals surface area contributed by atoms with Crippen molar-refractivity contribution in [3.63, 3.8) is 0 Å². The SMILES string of the molecule is CSc1cc(C(C)O)c(SC)cc1C. The number of hydrogen-bond donors (Lipinski definition) is 1. The molecule has 0 aliphatic heterocycles. The van der Waals surface area contributed by atoms with E-state index in [0.717, 1.165) is 5.56 Å². The van der Waals surface area contributed by atoms with Gasteiger partial charge in [-0.2, -0.15) is 0 Å². The van der Waals surface area contributed by atoms with Gasteiger partial charge in [0.25, 0.3) is 0 Å². The molecule has 0 aliphatic rings. The third kappa shape index (κ3) is 2.47. The van der Waals surface area contributed by atoms with E-state index in [1.807, 2.05) is 13.2 Å². The standard InChI is InChI=1S/C11H16OS2/c1-7-5-11(14-4)9(8(2)12)6-10(7)13-3/h5-6,8,12H,1-4H3. The lowest BCUT2D eigenvalue weighted by Crippen LogP contribution is -1.96. The van der Waals surface area contributed by atoms with Gasteiger partial charge in [-0.1, -0.05) is 0 Å². The molecule has 0 bridgehead atoms. The lowest BCUT2D eigenvalue weighted by molar-refractivity contribution is 0.196. The summed E-state index contributed by atoms with van der Waals surface area (Å²) < 4.78 is 0. The minimum atomic E-state index is -0.385. The van der Waals surface area contributed by atoms with Crippen molar-refractivity contribution in [2.24, 2.45) is 0 Å². The molecule has 0 spiro atoms. The Labute approximate surface area is 94.3 Å². The quantitative estimate of drug-likeness (QED) is 0.800. The molecule has 78 valence electrons. The van der Waals surface area contributed by atoms with Crippen LogP contribution in [0.3, 0.4) is 0 Å². The van der Waals surface area contributed by atoms with Gasteiger partial charge in [-0.25, -0.2) is 0 Å². The van der Waals surface area contributed by atoms with Crippen LogP contribution < -0.4 is 0 Å². The second-order valence-electron chi connectivity index (χ2n) is 3.24. The zero-order chi connectivity index (χ0) is 10.7. The summed E-state index contributed by atoms with van der Waals surface area (Å²) in [7, 11) is 0. The normalized spacial score (nSPS) is 12.9. The van der Waals surface area contributed by atoms with Gasteiger partial charge in [0.05, 0.1) is 6.10 Å². The van der Waals surface area contributed by atoms with E-state index in [2.05, 4.69) is 25.3 Å². The lowest BCUT2D eigenvalue weighted by Gasteiger charge is -2.13. The molecule has 0 fully saturated rings. The van der Waals surface area contributed by atoms with Crippen LogP contribution in [0.15, 0.2) is 21.9 Å². The zero-order valence-corrected chi connectivity index (χ0v) is 10.6. The van der Waals surface area contributed by atoms with Gasteiger partial charge >= 0.3 is 0 Å². The number of rotatable bonds is 3. The largest absolute Gasteiger partial charge is 0.389 e. The first-order valence-electron chi connectivity index (χ1n) is 4.50. The van der Waals surface area contributed by atoms with E-state index in [1.165, 1.54) is 15.4 Å². The highest BCUT2D eigenvalue weighted by atomic mass is 32.2. The molecule has 1 nitrogen and oxygen atoms in total. The maximum Gasteiger partial charge on any atom is 0.0773 e. The predicted molar refractivity (Wildman–Crippen MR) is 65.4 cm³/mol. The second-order valence-corrected chi connectivity index (χ2v) is 4.94. The Kier molecular flexibility index (Phi) is 4.35. The average molecular weight is 228 g/mol. The van der Waals surface area contributed by atoms with E-state index in [9.17, 15) is 5.11 Å². The summed E-state index contributed by atoms with van der Waals surface area (Å²) >= 11 is 3.41. The first-order chi connectivity index (χ1) is 6.60. The summed E-state index contributed by atoms with van der Waals surface area (Å²) in [5.74, 6) is 0. The highest BCUT2D eigenvalue weighted by Gasteiger charge is 2.10. The highest BCUT2D eigenvalue weighted by Crippen LogP contribution is 2.32. The summed E-state index contributed by atoms with van der Waals surface area (Å²) in [6.07, 6.45) is 3.72. The number of aliphatic hydroxyl groups excluding tert-OH is 1. The van der Waals surface area contributed by atoms with Gasteiger partial charge in [0.1, 0.15) is 0 Å². The van der Waals surface area contributed by atoms with Crippen LogP contribution >= 0.6 is 23.5 Å². The van der Waals surface area contributed by atoms with E-state index in [4.69, 9.17) is 0 Å². The van der Waals surface area contributed by atoms with Crippen LogP contribution in [0, 0.1) is 6.92 Å². The molecule has 14 heavy (non-hydrogen) atoms. The molecule has 1 aromatic rings. The molecule has 0 saturated heterocycles. The van der Waals surface area contributed by atoms with Crippen molar-refractivity contribution in [3.8, 4) is 0 Å². The van der Waals surface area contributed by atoms with Crippen molar-refractivity contribution in [1.29, 1.82) is 0 Å². The summed E-state index contributed by atoms with van der Waals surface area (Å²) in [4.78, 5) is 2.43. The molecule has 0 saturated carbocycles. The molecular formula is C11H16OS2. The first-order valence-corrected chi connectivity index (χ1v) is 6.95. The summed E-state index contributed by atoms with van der Waals surface area (Å²) in [6.45, 7) is 3.92. The van der Waals surface area contributed by atoms with Crippen LogP contribution in [-0.2, 0) is 0 Å². The van der Waals surface area contributed by atoms with E-state index in [1.54, 1.807) is 23.5 Å². The Morgan fingerprint density at radius 2 is 1.71 bits per heavy atom. The smallest absolute Gasteiger partial charge is 0.0773 e. The van der Waals surface area contributed by atoms with Crippen LogP contribution in [0.1, 0.15) is 24.2 Å². The first kappa shape index (κ1) is 12.0. The molecule has 1 unspecified atom stereocenters. The Balaban J connectivity index is 3.25. The topological polar surface area (TPSA) is 20.2 Å². The predicted octanol–water partition coefficient (Wildman–Crippen LogP) is 3.49. The maximum absolute atomic E-state index is 9.62. The van der Waals surface area contributed by atoms with Crippen LogP contribution in [0.4, 0.5) is 0 Å². The van der Waals surface area contributed by atoms with Crippen LogP contribution in [0.2, 0.25) is 0 Å². The third-order valence-electron chi connectivity index (χ3n) is 2.20. The summed E-state index contributed by atoms with van der Waals surface area (Å²) in [5, 5.41) is 9.62. The maximum atomic E-state index is 9.62. The van der Waals surface area contributed by atoms with E-state index >= 15 is 0 Å². The highest BCUT2D eigenvalue weighted by molar-refractivity contribution is 7.99. The third-order valence-corrected chi connectivity index (χ3v) is 3.87. The number of aryl methyl sites for hydroxylation is 1. The fraction of sp³-hybridized carbons (Fsp3) is 0.455. The van der Waals surface area contributed by atoms with Crippen molar-refractivity contribution in [3.05, 3.63) is 23.3 Å². The van der Waals surface area contributed by atoms with Gasteiger partial charge in [-0.3, -0.25) is 0 Å². The van der Waals surface area contributed by atoms with Crippen LogP contribution in [-0.4, -0.2) is 17.6 Å². The molecule has 0 heterocycles. The number of aliphatic hydroxyl groups is 1. The fourth-order valence-electron chi connectivity index (χ4n) is 1.40. The molecule has 0 amide bonds. The summed E-state index contributed by atoms with van der Waals surface area (Å²) in [5.41, 5.74) is 2.32. The Bertz CT molecular complexity index is 321. The molecule has 3 heteroatoms. The fourth-order valence-corrected chi connectivity index (χ4v) is 2.79. The lowest BCUT2D eigenvalue weighted by atomic mass is 10.1. The number of hydrogen-bond acceptors (Lipinski definition) is 3. The second kappa shape index (κ2) is 5.10. The monoisotopic (exact) mass is 228 g/mol. The van der Waals surface area contributed by atoms with Gasteiger partial charge in [0, 0.05) is 9.79 Å². The van der Waals surface area contributed by atoms with Gasteiger partial charge in [-0.15, -0.1) is 23.5 Å². The molecular weight excluding hydrogens is 212 g/mol. The van der Waals surface area contributed by atoms with Crippen molar-refractivity contribution in [2.45, 2.75) is 29.7 Å². The van der Waals surface area contributed by atoms with Gasteiger partial charge in [-0.05, 0) is 49.6 Å². The average Bonchev–Trinajstić information content (AvgIpc) is 2.16. The van der Waals surface area contributed by atoms with Crippen molar-refractivity contribution in [1.82, 2.24) is 0 Å². The molecule has 0 aromatic heterocycles. The van der Waals surface area contributed by atoms with Gasteiger partial charge in [0.15, 0.2) is 0 Å². The molecule has 0 aliphatic carbocycles. The van der Waals surface area contributed by atoms with E-state index < -0.39 is 0 Å². The zero-order valence-electron chi connectivity index (χ0n) is 9.00. The van der Waals surface area contributed by atoms with Crippen LogP contribution in [0.5, 0.6) is 0 Å². The summed E-state index contributed by atoms with van der Waals surface area (Å²) in [6, 6.07) is 4.25. The van der Waals surface area contributed by atoms with Gasteiger partial charge < -0.3 is 5.11 Å². The molecule has 1 aromatic carbocycles. The Hall–Kier alpha value is -0.120. The molecule has 0 radical (unpaired) electrons.